The molecule has 1 aliphatic carbocycles. The Hall–Kier alpha value is -2.76. The summed E-state index contributed by atoms with van der Waals surface area (Å²) in [5.41, 5.74) is 0.834. The van der Waals surface area contributed by atoms with Gasteiger partial charge in [-0.1, -0.05) is 25.1 Å². The minimum Gasteiger partial charge on any atom is -0.493 e. The summed E-state index contributed by atoms with van der Waals surface area (Å²) < 4.78 is 10.9. The van der Waals surface area contributed by atoms with E-state index in [2.05, 4.69) is 17.2 Å². The normalized spacial score (nSPS) is 19.0. The number of carbonyl (C=O) groups excluding carboxylic acids is 2. The lowest BCUT2D eigenvalue weighted by Gasteiger charge is -2.29. The van der Waals surface area contributed by atoms with Crippen molar-refractivity contribution in [3.63, 3.8) is 0 Å². The third kappa shape index (κ3) is 7.29. The maximum absolute atomic E-state index is 12.3. The van der Waals surface area contributed by atoms with Crippen molar-refractivity contribution in [2.24, 2.45) is 5.92 Å². The van der Waals surface area contributed by atoms with Crippen molar-refractivity contribution in [1.29, 1.82) is 0 Å². The predicted molar refractivity (Wildman–Crippen MR) is 115 cm³/mol. The van der Waals surface area contributed by atoms with Crippen LogP contribution in [0.25, 0.3) is 6.08 Å². The second-order valence-electron chi connectivity index (χ2n) is 7.58. The molecule has 158 valence electrons. The highest BCUT2D eigenvalue weighted by atomic mass is 16.5. The molecule has 1 aliphatic rings. The quantitative estimate of drug-likeness (QED) is 0.492. The Kier molecular flexibility index (Phi) is 8.77. The molecule has 2 rings (SSSR count). The van der Waals surface area contributed by atoms with E-state index in [9.17, 15) is 9.59 Å². The molecule has 0 aromatic heterocycles. The number of ether oxygens (including phenoxy) is 2. The van der Waals surface area contributed by atoms with Gasteiger partial charge >= 0.3 is 0 Å². The number of nitrogens with one attached hydrogen (secondary N) is 2. The highest BCUT2D eigenvalue weighted by molar-refractivity contribution is 5.92. The summed E-state index contributed by atoms with van der Waals surface area (Å²) in [5.74, 6) is 1.11. The van der Waals surface area contributed by atoms with Crippen molar-refractivity contribution in [2.45, 2.75) is 51.6 Å². The third-order valence-electron chi connectivity index (χ3n) is 4.79. The van der Waals surface area contributed by atoms with Crippen LogP contribution < -0.4 is 20.1 Å². The SMILES string of the molecule is C=CCOc1ccc(/C=C/C(=O)NC2CCCC(C(=O)NC(C)C)C2)cc1OC. The number of carbonyl (C=O) groups is 2. The molecule has 2 atom stereocenters. The second-order valence-corrected chi connectivity index (χ2v) is 7.58. The molecule has 2 unspecified atom stereocenters. The Morgan fingerprint density at radius 1 is 1.28 bits per heavy atom. The first-order valence-electron chi connectivity index (χ1n) is 10.1. The molecule has 1 aromatic carbocycles. The number of methoxy groups -OCH3 is 1. The van der Waals surface area contributed by atoms with Crippen molar-refractivity contribution in [3.05, 3.63) is 42.5 Å². The van der Waals surface area contributed by atoms with Gasteiger partial charge in [-0.05, 0) is 56.9 Å². The van der Waals surface area contributed by atoms with Gasteiger partial charge in [0, 0.05) is 24.1 Å². The molecule has 0 bridgehead atoms. The van der Waals surface area contributed by atoms with Gasteiger partial charge in [-0.15, -0.1) is 0 Å². The van der Waals surface area contributed by atoms with Crippen LogP contribution in [0.1, 0.15) is 45.1 Å². The minimum atomic E-state index is -0.161. The first-order valence-corrected chi connectivity index (χ1v) is 10.1. The van der Waals surface area contributed by atoms with Crippen molar-refractivity contribution >= 4 is 17.9 Å². The largest absolute Gasteiger partial charge is 0.493 e. The Morgan fingerprint density at radius 2 is 2.07 bits per heavy atom. The maximum atomic E-state index is 12.3. The molecule has 0 heterocycles. The van der Waals surface area contributed by atoms with Gasteiger partial charge < -0.3 is 20.1 Å². The molecule has 29 heavy (non-hydrogen) atoms. The fourth-order valence-corrected chi connectivity index (χ4v) is 3.44. The van der Waals surface area contributed by atoms with Crippen molar-refractivity contribution in [3.8, 4) is 11.5 Å². The van der Waals surface area contributed by atoms with Crippen LogP contribution in [0.3, 0.4) is 0 Å². The third-order valence-corrected chi connectivity index (χ3v) is 4.79. The number of hydrogen-bond acceptors (Lipinski definition) is 4. The molecule has 6 heteroatoms. The first kappa shape index (κ1) is 22.5. The van der Waals surface area contributed by atoms with Gasteiger partial charge in [0.25, 0.3) is 0 Å². The zero-order chi connectivity index (χ0) is 21.2. The van der Waals surface area contributed by atoms with Gasteiger partial charge in [0.1, 0.15) is 6.61 Å². The van der Waals surface area contributed by atoms with E-state index in [1.807, 2.05) is 26.0 Å². The molecule has 6 nitrogen and oxygen atoms in total. The molecular weight excluding hydrogens is 368 g/mol. The minimum absolute atomic E-state index is 0.0213. The standard InChI is InChI=1S/C23H32N2O4/c1-5-13-29-20-11-9-17(14-21(20)28-4)10-12-22(26)25-19-8-6-7-18(15-19)23(27)24-16(2)3/h5,9-12,14,16,18-19H,1,6-8,13,15H2,2-4H3,(H,24,27)(H,25,26)/b12-10+. The van der Waals surface area contributed by atoms with Gasteiger partial charge in [-0.25, -0.2) is 0 Å². The number of hydrogen-bond donors (Lipinski definition) is 2. The molecule has 0 spiro atoms. The zero-order valence-electron chi connectivity index (χ0n) is 17.6. The summed E-state index contributed by atoms with van der Waals surface area (Å²) in [4.78, 5) is 24.6. The van der Waals surface area contributed by atoms with E-state index in [0.29, 0.717) is 24.5 Å². The smallest absolute Gasteiger partial charge is 0.244 e. The lowest BCUT2D eigenvalue weighted by atomic mass is 9.85. The molecule has 0 radical (unpaired) electrons. The lowest BCUT2D eigenvalue weighted by Crippen LogP contribution is -2.43. The van der Waals surface area contributed by atoms with E-state index in [-0.39, 0.29) is 29.8 Å². The average molecular weight is 401 g/mol. The van der Waals surface area contributed by atoms with Gasteiger partial charge in [0.05, 0.1) is 7.11 Å². The summed E-state index contributed by atoms with van der Waals surface area (Å²) in [7, 11) is 1.57. The first-order chi connectivity index (χ1) is 13.9. The van der Waals surface area contributed by atoms with Crippen LogP contribution in [0, 0.1) is 5.92 Å². The number of rotatable bonds is 9. The molecule has 1 aromatic rings. The van der Waals surface area contributed by atoms with E-state index in [0.717, 1.165) is 24.8 Å². The molecule has 1 saturated carbocycles. The molecule has 2 amide bonds. The lowest BCUT2D eigenvalue weighted by molar-refractivity contribution is -0.127. The number of amides is 2. The van der Waals surface area contributed by atoms with E-state index in [1.54, 1.807) is 25.3 Å². The number of benzene rings is 1. The average Bonchev–Trinajstić information content (AvgIpc) is 2.70. The molecule has 0 aliphatic heterocycles. The van der Waals surface area contributed by atoms with Crippen LogP contribution in [0.15, 0.2) is 36.9 Å². The van der Waals surface area contributed by atoms with E-state index in [4.69, 9.17) is 9.47 Å². The topological polar surface area (TPSA) is 76.7 Å². The van der Waals surface area contributed by atoms with Crippen LogP contribution in [-0.4, -0.2) is 37.6 Å². The highest BCUT2D eigenvalue weighted by Crippen LogP contribution is 2.28. The molecule has 2 N–H and O–H groups in total. The van der Waals surface area contributed by atoms with E-state index in [1.165, 1.54) is 6.08 Å². The van der Waals surface area contributed by atoms with Crippen LogP contribution in [0.4, 0.5) is 0 Å². The van der Waals surface area contributed by atoms with Gasteiger partial charge in [-0.3, -0.25) is 9.59 Å². The summed E-state index contributed by atoms with van der Waals surface area (Å²) in [5, 5.41) is 5.99. The Balaban J connectivity index is 1.92. The molecular formula is C23H32N2O4. The maximum Gasteiger partial charge on any atom is 0.244 e. The summed E-state index contributed by atoms with van der Waals surface area (Å²) >= 11 is 0. The van der Waals surface area contributed by atoms with E-state index < -0.39 is 0 Å². The Bertz CT molecular complexity index is 742. The second kappa shape index (κ2) is 11.3. The summed E-state index contributed by atoms with van der Waals surface area (Å²) in [6, 6.07) is 5.63. The highest BCUT2D eigenvalue weighted by Gasteiger charge is 2.28. The van der Waals surface area contributed by atoms with Gasteiger partial charge in [-0.2, -0.15) is 0 Å². The van der Waals surface area contributed by atoms with Crippen molar-refractivity contribution in [1.82, 2.24) is 10.6 Å². The van der Waals surface area contributed by atoms with Gasteiger partial charge in [0.15, 0.2) is 11.5 Å². The fraction of sp³-hybridized carbons (Fsp3) is 0.478. The zero-order valence-corrected chi connectivity index (χ0v) is 17.6. The fourth-order valence-electron chi connectivity index (χ4n) is 3.44. The van der Waals surface area contributed by atoms with Crippen LogP contribution in [0.2, 0.25) is 0 Å². The molecule has 0 saturated heterocycles. The van der Waals surface area contributed by atoms with Crippen molar-refractivity contribution < 1.29 is 19.1 Å². The van der Waals surface area contributed by atoms with E-state index >= 15 is 0 Å². The predicted octanol–water partition coefficient (Wildman–Crippen LogP) is 3.47. The Labute approximate surface area is 173 Å². The van der Waals surface area contributed by atoms with Crippen LogP contribution >= 0.6 is 0 Å². The molecule has 1 fully saturated rings. The van der Waals surface area contributed by atoms with Crippen LogP contribution in [0.5, 0.6) is 11.5 Å². The monoisotopic (exact) mass is 400 g/mol. The van der Waals surface area contributed by atoms with Crippen LogP contribution in [-0.2, 0) is 9.59 Å². The van der Waals surface area contributed by atoms with Crippen molar-refractivity contribution in [2.75, 3.05) is 13.7 Å². The Morgan fingerprint density at radius 3 is 2.76 bits per heavy atom. The summed E-state index contributed by atoms with van der Waals surface area (Å²) in [6.07, 6.45) is 8.31. The van der Waals surface area contributed by atoms with Gasteiger partial charge in [0.2, 0.25) is 11.8 Å². The summed E-state index contributed by atoms with van der Waals surface area (Å²) in [6.45, 7) is 7.94.